The van der Waals surface area contributed by atoms with Gasteiger partial charge in [-0.2, -0.15) is 0 Å². The first kappa shape index (κ1) is 21.1. The molecule has 0 spiro atoms. The summed E-state index contributed by atoms with van der Waals surface area (Å²) in [5.74, 6) is 1.01. The van der Waals surface area contributed by atoms with Gasteiger partial charge < -0.3 is 19.5 Å². The number of rotatable bonds is 8. The lowest BCUT2D eigenvalue weighted by molar-refractivity contribution is 0.102. The van der Waals surface area contributed by atoms with Crippen LogP contribution in [-0.4, -0.2) is 32.3 Å². The van der Waals surface area contributed by atoms with Crippen molar-refractivity contribution >= 4 is 23.4 Å². The molecule has 0 fully saturated rings. The smallest absolute Gasteiger partial charge is 0.411 e. The van der Waals surface area contributed by atoms with Gasteiger partial charge in [-0.25, -0.2) is 4.79 Å². The predicted molar refractivity (Wildman–Crippen MR) is 108 cm³/mol. The van der Waals surface area contributed by atoms with E-state index in [0.717, 1.165) is 0 Å². The fourth-order valence-corrected chi connectivity index (χ4v) is 2.36. The van der Waals surface area contributed by atoms with Gasteiger partial charge in [-0.15, -0.1) is 0 Å². The Hall–Kier alpha value is -3.22. The zero-order chi connectivity index (χ0) is 20.5. The highest BCUT2D eigenvalue weighted by Crippen LogP contribution is 2.28. The van der Waals surface area contributed by atoms with Gasteiger partial charge in [-0.3, -0.25) is 10.1 Å². The van der Waals surface area contributed by atoms with Crippen LogP contribution in [0.25, 0.3) is 0 Å². The van der Waals surface area contributed by atoms with E-state index in [0.29, 0.717) is 41.7 Å². The second kappa shape index (κ2) is 10.2. The van der Waals surface area contributed by atoms with Crippen molar-refractivity contribution in [1.29, 1.82) is 0 Å². The second-order valence-corrected chi connectivity index (χ2v) is 6.45. The summed E-state index contributed by atoms with van der Waals surface area (Å²) in [5, 5.41) is 5.44. The zero-order valence-corrected chi connectivity index (χ0v) is 16.6. The quantitative estimate of drug-likeness (QED) is 0.695. The average Bonchev–Trinajstić information content (AvgIpc) is 2.67. The molecule has 0 aliphatic heterocycles. The molecule has 2 rings (SSSR count). The Balaban J connectivity index is 2.05. The number of methoxy groups -OCH3 is 1. The Labute approximate surface area is 165 Å². The highest BCUT2D eigenvalue weighted by atomic mass is 16.5. The highest BCUT2D eigenvalue weighted by molar-refractivity contribution is 6.05. The fourth-order valence-electron chi connectivity index (χ4n) is 2.36. The molecule has 0 aliphatic rings. The second-order valence-electron chi connectivity index (χ2n) is 6.45. The number of amides is 2. The maximum Gasteiger partial charge on any atom is 0.411 e. The van der Waals surface area contributed by atoms with Crippen LogP contribution < -0.4 is 20.1 Å². The topological polar surface area (TPSA) is 85.9 Å². The van der Waals surface area contributed by atoms with Gasteiger partial charge in [0.1, 0.15) is 0 Å². The molecule has 0 aromatic heterocycles. The third-order valence-corrected chi connectivity index (χ3v) is 3.64. The van der Waals surface area contributed by atoms with E-state index in [-0.39, 0.29) is 11.8 Å². The van der Waals surface area contributed by atoms with Crippen molar-refractivity contribution in [2.24, 2.45) is 5.92 Å². The van der Waals surface area contributed by atoms with Crippen molar-refractivity contribution < 1.29 is 23.8 Å². The summed E-state index contributed by atoms with van der Waals surface area (Å²) in [6.45, 7) is 6.63. The van der Waals surface area contributed by atoms with Crippen molar-refractivity contribution in [3.8, 4) is 11.5 Å². The van der Waals surface area contributed by atoms with Crippen molar-refractivity contribution in [1.82, 2.24) is 0 Å². The number of carbonyl (C=O) groups excluding carboxylic acids is 2. The summed E-state index contributed by atoms with van der Waals surface area (Å²) in [4.78, 5) is 24.3. The lowest BCUT2D eigenvalue weighted by Crippen LogP contribution is -2.17. The molecule has 0 bridgehead atoms. The third-order valence-electron chi connectivity index (χ3n) is 3.64. The van der Waals surface area contributed by atoms with Crippen LogP contribution in [0.15, 0.2) is 42.5 Å². The van der Waals surface area contributed by atoms with Crippen LogP contribution in [0.4, 0.5) is 16.2 Å². The molecule has 0 saturated heterocycles. The number of benzene rings is 2. The molecule has 0 atom stereocenters. The molecule has 0 heterocycles. The van der Waals surface area contributed by atoms with Gasteiger partial charge >= 0.3 is 6.09 Å². The number of carbonyl (C=O) groups is 2. The first-order chi connectivity index (χ1) is 13.4. The van der Waals surface area contributed by atoms with Gasteiger partial charge in [0, 0.05) is 16.9 Å². The minimum absolute atomic E-state index is 0.252. The van der Waals surface area contributed by atoms with Gasteiger partial charge in [0.25, 0.3) is 5.91 Å². The Morgan fingerprint density at radius 3 is 2.36 bits per heavy atom. The lowest BCUT2D eigenvalue weighted by Gasteiger charge is -2.12. The molecule has 150 valence electrons. The molecule has 0 aliphatic carbocycles. The summed E-state index contributed by atoms with van der Waals surface area (Å²) >= 11 is 0. The van der Waals surface area contributed by atoms with E-state index in [1.165, 1.54) is 7.11 Å². The number of hydrogen-bond acceptors (Lipinski definition) is 5. The van der Waals surface area contributed by atoms with E-state index in [9.17, 15) is 9.59 Å². The molecule has 2 aromatic carbocycles. The largest absolute Gasteiger partial charge is 0.493 e. The van der Waals surface area contributed by atoms with E-state index in [4.69, 9.17) is 14.2 Å². The maximum absolute atomic E-state index is 12.5. The number of ether oxygens (including phenoxy) is 3. The minimum atomic E-state index is -0.534. The van der Waals surface area contributed by atoms with Crippen LogP contribution in [0.1, 0.15) is 31.1 Å². The van der Waals surface area contributed by atoms with Gasteiger partial charge in [-0.05, 0) is 49.2 Å². The molecule has 0 unspecified atom stereocenters. The van der Waals surface area contributed by atoms with E-state index >= 15 is 0 Å². The van der Waals surface area contributed by atoms with Crippen LogP contribution in [0.5, 0.6) is 11.5 Å². The maximum atomic E-state index is 12.5. The third kappa shape index (κ3) is 6.19. The van der Waals surface area contributed by atoms with Gasteiger partial charge in [0.2, 0.25) is 0 Å². The molecule has 28 heavy (non-hydrogen) atoms. The summed E-state index contributed by atoms with van der Waals surface area (Å²) in [6, 6.07) is 11.8. The van der Waals surface area contributed by atoms with E-state index in [1.807, 2.05) is 20.8 Å². The Kier molecular flexibility index (Phi) is 7.68. The Morgan fingerprint density at radius 2 is 1.71 bits per heavy atom. The molecule has 0 radical (unpaired) electrons. The molecular weight excluding hydrogens is 360 g/mol. The van der Waals surface area contributed by atoms with Crippen molar-refractivity contribution in [3.05, 3.63) is 48.0 Å². The molecule has 7 nitrogen and oxygen atoms in total. The molecule has 7 heteroatoms. The number of anilines is 2. The fraction of sp³-hybridized carbons (Fsp3) is 0.333. The van der Waals surface area contributed by atoms with Gasteiger partial charge in [0.05, 0.1) is 20.3 Å². The standard InChI is InChI=1S/C21H26N2O5/c1-5-27-18-10-9-15(11-19(18)26-4)20(24)22-16-7-6-8-17(12-16)23-21(25)28-13-14(2)3/h6-12,14H,5,13H2,1-4H3,(H,22,24)(H,23,25). The molecule has 2 N–H and O–H groups in total. The molecular formula is C21H26N2O5. The van der Waals surface area contributed by atoms with Crippen LogP contribution in [-0.2, 0) is 4.74 Å². The first-order valence-corrected chi connectivity index (χ1v) is 9.09. The van der Waals surface area contributed by atoms with E-state index < -0.39 is 6.09 Å². The summed E-state index contributed by atoms with van der Waals surface area (Å²) in [5.41, 5.74) is 1.49. The summed E-state index contributed by atoms with van der Waals surface area (Å²) in [7, 11) is 1.52. The van der Waals surface area contributed by atoms with E-state index in [1.54, 1.807) is 42.5 Å². The van der Waals surface area contributed by atoms with E-state index in [2.05, 4.69) is 10.6 Å². The average molecular weight is 386 g/mol. The highest BCUT2D eigenvalue weighted by Gasteiger charge is 2.12. The normalized spacial score (nSPS) is 10.3. The van der Waals surface area contributed by atoms with Crippen molar-refractivity contribution in [2.75, 3.05) is 31.0 Å². The molecule has 2 aromatic rings. The van der Waals surface area contributed by atoms with Crippen LogP contribution in [0.2, 0.25) is 0 Å². The number of nitrogens with one attached hydrogen (secondary N) is 2. The Bertz CT molecular complexity index is 820. The summed E-state index contributed by atoms with van der Waals surface area (Å²) < 4.78 is 15.8. The minimum Gasteiger partial charge on any atom is -0.493 e. The summed E-state index contributed by atoms with van der Waals surface area (Å²) in [6.07, 6.45) is -0.534. The lowest BCUT2D eigenvalue weighted by atomic mass is 10.1. The zero-order valence-electron chi connectivity index (χ0n) is 16.6. The molecule has 0 saturated carbocycles. The SMILES string of the molecule is CCOc1ccc(C(=O)Nc2cccc(NC(=O)OCC(C)C)c2)cc1OC. The predicted octanol–water partition coefficient (Wildman–Crippen LogP) is 4.55. The first-order valence-electron chi connectivity index (χ1n) is 9.09. The van der Waals surface area contributed by atoms with Crippen molar-refractivity contribution in [2.45, 2.75) is 20.8 Å². The molecule has 2 amide bonds. The Morgan fingerprint density at radius 1 is 1.00 bits per heavy atom. The van der Waals surface area contributed by atoms with Crippen LogP contribution >= 0.6 is 0 Å². The van der Waals surface area contributed by atoms with Crippen LogP contribution in [0.3, 0.4) is 0 Å². The van der Waals surface area contributed by atoms with Gasteiger partial charge in [0.15, 0.2) is 11.5 Å². The van der Waals surface area contributed by atoms with Gasteiger partial charge in [-0.1, -0.05) is 19.9 Å². The number of hydrogen-bond donors (Lipinski definition) is 2. The van der Waals surface area contributed by atoms with Crippen LogP contribution in [0, 0.1) is 5.92 Å². The van der Waals surface area contributed by atoms with Crippen molar-refractivity contribution in [3.63, 3.8) is 0 Å². The monoisotopic (exact) mass is 386 g/mol.